The van der Waals surface area contributed by atoms with E-state index in [0.717, 1.165) is 57.8 Å². The van der Waals surface area contributed by atoms with Gasteiger partial charge in [-0.15, -0.1) is 0 Å². The molecule has 0 N–H and O–H groups in total. The molecular formula is C19H26N4O2. The van der Waals surface area contributed by atoms with Crippen molar-refractivity contribution in [1.29, 1.82) is 0 Å². The van der Waals surface area contributed by atoms with Gasteiger partial charge in [0.25, 0.3) is 5.91 Å². The zero-order valence-electron chi connectivity index (χ0n) is 14.6. The molecule has 4 rings (SSSR count). The van der Waals surface area contributed by atoms with Crippen LogP contribution >= 0.6 is 0 Å². The summed E-state index contributed by atoms with van der Waals surface area (Å²) in [5.74, 6) is 0.918. The van der Waals surface area contributed by atoms with Gasteiger partial charge in [-0.3, -0.25) is 4.79 Å². The third-order valence-electron chi connectivity index (χ3n) is 5.17. The monoisotopic (exact) mass is 342 g/mol. The van der Waals surface area contributed by atoms with Crippen LogP contribution in [0.5, 0.6) is 0 Å². The Morgan fingerprint density at radius 3 is 2.76 bits per heavy atom. The van der Waals surface area contributed by atoms with Gasteiger partial charge in [-0.1, -0.05) is 5.16 Å². The second-order valence-electron chi connectivity index (χ2n) is 7.15. The molecule has 2 aromatic rings. The van der Waals surface area contributed by atoms with E-state index < -0.39 is 0 Å². The van der Waals surface area contributed by atoms with Gasteiger partial charge >= 0.3 is 0 Å². The summed E-state index contributed by atoms with van der Waals surface area (Å²) in [5.41, 5.74) is 0.949. The van der Waals surface area contributed by atoms with Crippen LogP contribution in [0.25, 0.3) is 0 Å². The Balaban J connectivity index is 1.26. The number of carbonyl (C=O) groups excluding carboxylic acids is 1. The lowest BCUT2D eigenvalue weighted by molar-refractivity contribution is 0.0719. The van der Waals surface area contributed by atoms with Crippen LogP contribution in [0.3, 0.4) is 0 Å². The maximum absolute atomic E-state index is 12.7. The first-order valence-electron chi connectivity index (χ1n) is 9.38. The molecule has 2 fully saturated rings. The molecule has 0 spiro atoms. The summed E-state index contributed by atoms with van der Waals surface area (Å²) < 4.78 is 7.51. The lowest BCUT2D eigenvalue weighted by Gasteiger charge is -2.21. The van der Waals surface area contributed by atoms with Gasteiger partial charge in [-0.05, 0) is 50.9 Å². The number of nitrogens with zero attached hydrogens (tertiary/aromatic N) is 4. The SMILES string of the molecule is O=C(c1cc(C2CC2)no1)N1CCCN(CCCn2cccc2)CC1. The van der Waals surface area contributed by atoms with E-state index in [4.69, 9.17) is 4.52 Å². The molecule has 1 amide bonds. The number of amides is 1. The fourth-order valence-electron chi connectivity index (χ4n) is 3.51. The van der Waals surface area contributed by atoms with E-state index in [1.54, 1.807) is 0 Å². The number of rotatable bonds is 6. The predicted molar refractivity (Wildman–Crippen MR) is 94.5 cm³/mol. The molecule has 0 unspecified atom stereocenters. The van der Waals surface area contributed by atoms with Gasteiger partial charge < -0.3 is 18.9 Å². The van der Waals surface area contributed by atoms with E-state index in [1.165, 1.54) is 12.8 Å². The fourth-order valence-corrected chi connectivity index (χ4v) is 3.51. The minimum absolute atomic E-state index is 0.00593. The fraction of sp³-hybridized carbons (Fsp3) is 0.579. The Bertz CT molecular complexity index is 690. The maximum Gasteiger partial charge on any atom is 0.292 e. The normalized spacial score (nSPS) is 19.1. The van der Waals surface area contributed by atoms with Crippen molar-refractivity contribution in [3.05, 3.63) is 42.0 Å². The number of aromatic nitrogens is 2. The number of hydrogen-bond donors (Lipinski definition) is 0. The van der Waals surface area contributed by atoms with Crippen molar-refractivity contribution < 1.29 is 9.32 Å². The molecule has 134 valence electrons. The second-order valence-corrected chi connectivity index (χ2v) is 7.15. The third-order valence-corrected chi connectivity index (χ3v) is 5.17. The number of hydrogen-bond acceptors (Lipinski definition) is 4. The van der Waals surface area contributed by atoms with Crippen LogP contribution < -0.4 is 0 Å². The highest BCUT2D eigenvalue weighted by atomic mass is 16.5. The Morgan fingerprint density at radius 1 is 1.12 bits per heavy atom. The highest BCUT2D eigenvalue weighted by Crippen LogP contribution is 2.39. The number of aryl methyl sites for hydroxylation is 1. The first-order valence-corrected chi connectivity index (χ1v) is 9.38. The predicted octanol–water partition coefficient (Wildman–Crippen LogP) is 2.59. The van der Waals surface area contributed by atoms with Crippen molar-refractivity contribution in [2.45, 2.75) is 38.1 Å². The quantitative estimate of drug-likeness (QED) is 0.810. The molecule has 6 heteroatoms. The van der Waals surface area contributed by atoms with Crippen molar-refractivity contribution in [2.24, 2.45) is 0 Å². The Morgan fingerprint density at radius 2 is 1.96 bits per heavy atom. The average Bonchev–Trinajstić information content (AvgIpc) is 3.21. The summed E-state index contributed by atoms with van der Waals surface area (Å²) in [4.78, 5) is 17.0. The van der Waals surface area contributed by atoms with Gasteiger partial charge in [0.05, 0.1) is 5.69 Å². The maximum atomic E-state index is 12.7. The van der Waals surface area contributed by atoms with Gasteiger partial charge in [-0.2, -0.15) is 0 Å². The molecule has 1 saturated carbocycles. The van der Waals surface area contributed by atoms with Gasteiger partial charge in [0, 0.05) is 50.6 Å². The topological polar surface area (TPSA) is 54.5 Å². The van der Waals surface area contributed by atoms with Crippen LogP contribution in [0, 0.1) is 0 Å². The standard InChI is InChI=1S/C19H26N4O2/c24-19(18-15-17(20-25-18)16-5-6-16)23-12-4-11-22(13-14-23)10-3-9-21-7-1-2-8-21/h1-2,7-8,15-16H,3-6,9-14H2. The molecule has 1 aliphatic heterocycles. The van der Waals surface area contributed by atoms with E-state index in [-0.39, 0.29) is 5.91 Å². The average molecular weight is 342 g/mol. The molecule has 2 aromatic heterocycles. The largest absolute Gasteiger partial charge is 0.354 e. The van der Waals surface area contributed by atoms with Crippen LogP contribution in [0.1, 0.15) is 47.8 Å². The smallest absolute Gasteiger partial charge is 0.292 e. The van der Waals surface area contributed by atoms with E-state index in [9.17, 15) is 4.79 Å². The second kappa shape index (κ2) is 7.44. The molecule has 0 radical (unpaired) electrons. The molecule has 25 heavy (non-hydrogen) atoms. The first kappa shape index (κ1) is 16.4. The molecule has 0 bridgehead atoms. The lowest BCUT2D eigenvalue weighted by Crippen LogP contribution is -2.35. The molecular weight excluding hydrogens is 316 g/mol. The summed E-state index contributed by atoms with van der Waals surface area (Å²) in [5, 5.41) is 4.06. The lowest BCUT2D eigenvalue weighted by atomic mass is 10.2. The van der Waals surface area contributed by atoms with Gasteiger partial charge in [0.1, 0.15) is 0 Å². The Kier molecular flexibility index (Phi) is 4.88. The zero-order chi connectivity index (χ0) is 17.1. The molecule has 0 aromatic carbocycles. The Hall–Kier alpha value is -2.08. The summed E-state index contributed by atoms with van der Waals surface area (Å²) in [6.07, 6.45) is 8.70. The van der Waals surface area contributed by atoms with E-state index in [2.05, 4.69) is 39.2 Å². The summed E-state index contributed by atoms with van der Waals surface area (Å²) in [6, 6.07) is 5.97. The van der Waals surface area contributed by atoms with Crippen LogP contribution in [0.15, 0.2) is 35.1 Å². The Labute approximate surface area is 148 Å². The molecule has 1 aliphatic carbocycles. The van der Waals surface area contributed by atoms with Crippen LogP contribution in [0.2, 0.25) is 0 Å². The zero-order valence-corrected chi connectivity index (χ0v) is 14.6. The van der Waals surface area contributed by atoms with E-state index in [1.807, 2.05) is 11.0 Å². The highest BCUT2D eigenvalue weighted by molar-refractivity contribution is 5.91. The van der Waals surface area contributed by atoms with Crippen molar-refractivity contribution >= 4 is 5.91 Å². The summed E-state index contributed by atoms with van der Waals surface area (Å²) in [7, 11) is 0. The molecule has 3 heterocycles. The molecule has 2 aliphatic rings. The van der Waals surface area contributed by atoms with Crippen LogP contribution in [0.4, 0.5) is 0 Å². The van der Waals surface area contributed by atoms with Gasteiger partial charge in [0.15, 0.2) is 0 Å². The van der Waals surface area contributed by atoms with Gasteiger partial charge in [0.2, 0.25) is 5.76 Å². The van der Waals surface area contributed by atoms with Crippen LogP contribution in [-0.4, -0.2) is 58.2 Å². The van der Waals surface area contributed by atoms with Crippen LogP contribution in [-0.2, 0) is 6.54 Å². The van der Waals surface area contributed by atoms with Crippen molar-refractivity contribution in [2.75, 3.05) is 32.7 Å². The van der Waals surface area contributed by atoms with Gasteiger partial charge in [-0.25, -0.2) is 0 Å². The van der Waals surface area contributed by atoms with Crippen molar-refractivity contribution in [3.8, 4) is 0 Å². The molecule has 6 nitrogen and oxygen atoms in total. The summed E-state index contributed by atoms with van der Waals surface area (Å²) in [6.45, 7) is 5.68. The minimum atomic E-state index is -0.00593. The highest BCUT2D eigenvalue weighted by Gasteiger charge is 2.29. The van der Waals surface area contributed by atoms with E-state index >= 15 is 0 Å². The van der Waals surface area contributed by atoms with Crippen molar-refractivity contribution in [1.82, 2.24) is 19.5 Å². The summed E-state index contributed by atoms with van der Waals surface area (Å²) >= 11 is 0. The first-order chi connectivity index (χ1) is 12.3. The third kappa shape index (κ3) is 4.12. The molecule has 1 saturated heterocycles. The van der Waals surface area contributed by atoms with E-state index in [0.29, 0.717) is 11.7 Å². The number of carbonyl (C=O) groups is 1. The minimum Gasteiger partial charge on any atom is -0.354 e. The van der Waals surface area contributed by atoms with Crippen molar-refractivity contribution in [3.63, 3.8) is 0 Å². The molecule has 0 atom stereocenters.